The molecule has 0 aliphatic heterocycles. The Morgan fingerprint density at radius 2 is 1.46 bits per heavy atom. The molecule has 28 heavy (non-hydrogen) atoms. The molecule has 3 amide bonds. The highest BCUT2D eigenvalue weighted by atomic mass is 19.4. The van der Waals surface area contributed by atoms with Crippen LogP contribution in [0.3, 0.4) is 0 Å². The number of amides is 3. The molecule has 13 heteroatoms. The van der Waals surface area contributed by atoms with Crippen molar-refractivity contribution in [1.82, 2.24) is 16.0 Å². The van der Waals surface area contributed by atoms with E-state index < -0.39 is 41.1 Å². The number of urea groups is 1. The van der Waals surface area contributed by atoms with E-state index in [0.717, 1.165) is 0 Å². The SMILES string of the molecule is Cc1noc(C)c1C(=O)NNC(=O)Nc1cc(C(F)(F)F)cc(C(F)(F)F)c1. The molecule has 0 saturated heterocycles. The molecular weight excluding hydrogens is 398 g/mol. The van der Waals surface area contributed by atoms with Crippen LogP contribution in [0.5, 0.6) is 0 Å². The van der Waals surface area contributed by atoms with E-state index in [1.54, 1.807) is 5.32 Å². The number of alkyl halides is 6. The summed E-state index contributed by atoms with van der Waals surface area (Å²) in [4.78, 5) is 23.7. The zero-order valence-corrected chi connectivity index (χ0v) is 14.2. The lowest BCUT2D eigenvalue weighted by atomic mass is 10.1. The first-order valence-electron chi connectivity index (χ1n) is 7.38. The maximum atomic E-state index is 12.8. The third-order valence-corrected chi connectivity index (χ3v) is 3.40. The van der Waals surface area contributed by atoms with Gasteiger partial charge in [0, 0.05) is 5.69 Å². The molecule has 152 valence electrons. The summed E-state index contributed by atoms with van der Waals surface area (Å²) in [5.41, 5.74) is -0.00617. The molecule has 1 heterocycles. The van der Waals surface area contributed by atoms with Crippen molar-refractivity contribution in [2.75, 3.05) is 5.32 Å². The first-order valence-corrected chi connectivity index (χ1v) is 7.38. The van der Waals surface area contributed by atoms with Gasteiger partial charge < -0.3 is 9.84 Å². The number of hydrazine groups is 1. The van der Waals surface area contributed by atoms with Crippen molar-refractivity contribution in [2.45, 2.75) is 26.2 Å². The highest BCUT2D eigenvalue weighted by Crippen LogP contribution is 2.37. The molecule has 1 aromatic carbocycles. The molecule has 0 spiro atoms. The Hall–Kier alpha value is -3.25. The number of nitrogens with one attached hydrogen (secondary N) is 3. The Morgan fingerprint density at radius 3 is 1.89 bits per heavy atom. The fourth-order valence-electron chi connectivity index (χ4n) is 2.17. The minimum Gasteiger partial charge on any atom is -0.361 e. The van der Waals surface area contributed by atoms with Gasteiger partial charge in [0.25, 0.3) is 5.91 Å². The first kappa shape index (κ1) is 21.1. The van der Waals surface area contributed by atoms with Crippen molar-refractivity contribution in [3.8, 4) is 0 Å². The zero-order chi connectivity index (χ0) is 21.3. The lowest BCUT2D eigenvalue weighted by Gasteiger charge is -2.15. The summed E-state index contributed by atoms with van der Waals surface area (Å²) < 4.78 is 81.5. The van der Waals surface area contributed by atoms with E-state index in [4.69, 9.17) is 4.52 Å². The summed E-state index contributed by atoms with van der Waals surface area (Å²) in [7, 11) is 0. The van der Waals surface area contributed by atoms with E-state index in [0.29, 0.717) is 12.1 Å². The number of halogens is 6. The second-order valence-corrected chi connectivity index (χ2v) is 5.53. The van der Waals surface area contributed by atoms with E-state index in [-0.39, 0.29) is 23.1 Å². The number of aryl methyl sites for hydroxylation is 2. The number of aromatic nitrogens is 1. The van der Waals surface area contributed by atoms with Crippen LogP contribution in [0.4, 0.5) is 36.8 Å². The van der Waals surface area contributed by atoms with Gasteiger partial charge in [-0.15, -0.1) is 0 Å². The first-order chi connectivity index (χ1) is 12.8. The molecule has 0 radical (unpaired) electrons. The third-order valence-electron chi connectivity index (χ3n) is 3.40. The largest absolute Gasteiger partial charge is 0.416 e. The monoisotopic (exact) mass is 410 g/mol. The van der Waals surface area contributed by atoms with Crippen LogP contribution in [0.15, 0.2) is 22.7 Å². The van der Waals surface area contributed by atoms with Gasteiger partial charge in [-0.3, -0.25) is 10.2 Å². The van der Waals surface area contributed by atoms with Crippen molar-refractivity contribution in [3.63, 3.8) is 0 Å². The Balaban J connectivity index is 2.14. The maximum absolute atomic E-state index is 12.8. The second-order valence-electron chi connectivity index (χ2n) is 5.53. The van der Waals surface area contributed by atoms with E-state index >= 15 is 0 Å². The van der Waals surface area contributed by atoms with Crippen molar-refractivity contribution < 1.29 is 40.5 Å². The molecule has 0 aliphatic rings. The number of anilines is 1. The highest BCUT2D eigenvalue weighted by Gasteiger charge is 2.37. The van der Waals surface area contributed by atoms with Gasteiger partial charge in [0.1, 0.15) is 11.3 Å². The quantitative estimate of drug-likeness (QED) is 0.519. The van der Waals surface area contributed by atoms with Crippen LogP contribution in [0.2, 0.25) is 0 Å². The molecule has 3 N–H and O–H groups in total. The van der Waals surface area contributed by atoms with Crippen LogP contribution in [0, 0.1) is 13.8 Å². The van der Waals surface area contributed by atoms with Gasteiger partial charge >= 0.3 is 18.4 Å². The van der Waals surface area contributed by atoms with Gasteiger partial charge in [-0.05, 0) is 32.0 Å². The number of nitrogens with zero attached hydrogens (tertiary/aromatic N) is 1. The van der Waals surface area contributed by atoms with Crippen LogP contribution in [-0.4, -0.2) is 17.1 Å². The number of carbonyl (C=O) groups is 2. The molecule has 7 nitrogen and oxygen atoms in total. The van der Waals surface area contributed by atoms with Gasteiger partial charge in [0.15, 0.2) is 0 Å². The van der Waals surface area contributed by atoms with Gasteiger partial charge in [0.05, 0.1) is 16.8 Å². The summed E-state index contributed by atoms with van der Waals surface area (Å²) in [6.45, 7) is 2.88. The summed E-state index contributed by atoms with van der Waals surface area (Å²) in [5.74, 6) is -0.698. The summed E-state index contributed by atoms with van der Waals surface area (Å²) in [5, 5.41) is 5.31. The van der Waals surface area contributed by atoms with Crippen molar-refractivity contribution in [1.29, 1.82) is 0 Å². The number of hydrogen-bond donors (Lipinski definition) is 3. The fraction of sp³-hybridized carbons (Fsp3) is 0.267. The van der Waals surface area contributed by atoms with Crippen molar-refractivity contribution in [3.05, 3.63) is 46.3 Å². The number of carbonyl (C=O) groups excluding carboxylic acids is 2. The normalized spacial score (nSPS) is 11.9. The predicted octanol–water partition coefficient (Wildman–Crippen LogP) is 3.80. The topological polar surface area (TPSA) is 96.3 Å². The Labute approximate surface area is 153 Å². The molecule has 0 saturated carbocycles. The predicted molar refractivity (Wildman–Crippen MR) is 82.0 cm³/mol. The molecule has 0 aliphatic carbocycles. The Bertz CT molecular complexity index is 852. The molecule has 0 bridgehead atoms. The highest BCUT2D eigenvalue weighted by molar-refractivity contribution is 5.98. The molecule has 2 aromatic rings. The standard InChI is InChI=1S/C15H12F6N4O3/c1-6-11(7(2)28-25-6)12(26)23-24-13(27)22-10-4-8(14(16,17)18)3-9(5-10)15(19,20)21/h3-5H,1-2H3,(H,23,26)(H2,22,24,27). The number of rotatable bonds is 2. The average molecular weight is 410 g/mol. The molecule has 0 atom stereocenters. The summed E-state index contributed by atoms with van der Waals surface area (Å²) in [6.07, 6.45) is -10.1. The maximum Gasteiger partial charge on any atom is 0.416 e. The molecule has 1 aromatic heterocycles. The fourth-order valence-corrected chi connectivity index (χ4v) is 2.17. The lowest BCUT2D eigenvalue weighted by Crippen LogP contribution is -2.44. The van der Waals surface area contributed by atoms with E-state index in [9.17, 15) is 35.9 Å². The van der Waals surface area contributed by atoms with Crippen LogP contribution in [0.1, 0.15) is 32.9 Å². The van der Waals surface area contributed by atoms with Gasteiger partial charge in [-0.25, -0.2) is 10.2 Å². The van der Waals surface area contributed by atoms with Crippen molar-refractivity contribution in [2.24, 2.45) is 0 Å². The molecule has 0 unspecified atom stereocenters. The van der Waals surface area contributed by atoms with Crippen molar-refractivity contribution >= 4 is 17.6 Å². The molecule has 2 rings (SSSR count). The van der Waals surface area contributed by atoms with E-state index in [1.807, 2.05) is 10.9 Å². The van der Waals surface area contributed by atoms with Gasteiger partial charge in [-0.1, -0.05) is 5.16 Å². The smallest absolute Gasteiger partial charge is 0.361 e. The van der Waals surface area contributed by atoms with E-state index in [1.165, 1.54) is 13.8 Å². The van der Waals surface area contributed by atoms with Crippen LogP contribution in [0.25, 0.3) is 0 Å². The second kappa shape index (κ2) is 7.40. The minimum absolute atomic E-state index is 0.0127. The van der Waals surface area contributed by atoms with E-state index in [2.05, 4.69) is 5.16 Å². The Morgan fingerprint density at radius 1 is 0.929 bits per heavy atom. The zero-order valence-electron chi connectivity index (χ0n) is 14.2. The lowest BCUT2D eigenvalue weighted by molar-refractivity contribution is -0.143. The average Bonchev–Trinajstić information content (AvgIpc) is 2.89. The van der Waals surface area contributed by atoms with Gasteiger partial charge in [-0.2, -0.15) is 26.3 Å². The van der Waals surface area contributed by atoms with Gasteiger partial charge in [0.2, 0.25) is 0 Å². The summed E-state index contributed by atoms with van der Waals surface area (Å²) in [6, 6.07) is -0.703. The summed E-state index contributed by atoms with van der Waals surface area (Å²) >= 11 is 0. The molecule has 0 fully saturated rings. The number of hydrogen-bond acceptors (Lipinski definition) is 4. The minimum atomic E-state index is -5.06. The number of benzene rings is 1. The van der Waals surface area contributed by atoms with Crippen LogP contribution in [-0.2, 0) is 12.4 Å². The van der Waals surface area contributed by atoms with Crippen LogP contribution >= 0.6 is 0 Å². The van der Waals surface area contributed by atoms with Crippen LogP contribution < -0.4 is 16.2 Å². The molecular formula is C15H12F6N4O3. The third kappa shape index (κ3) is 4.92. The Kier molecular flexibility index (Phi) is 5.57.